The number of rotatable bonds is 7. The van der Waals surface area contributed by atoms with E-state index in [9.17, 15) is 16.8 Å². The van der Waals surface area contributed by atoms with Crippen molar-refractivity contribution in [1.29, 1.82) is 0 Å². The zero-order valence-electron chi connectivity index (χ0n) is 10.8. The summed E-state index contributed by atoms with van der Waals surface area (Å²) in [6.45, 7) is 1.83. The molecule has 1 unspecified atom stereocenters. The number of halogens is 1. The van der Waals surface area contributed by atoms with Gasteiger partial charge in [-0.05, 0) is 37.6 Å². The summed E-state index contributed by atoms with van der Waals surface area (Å²) in [6, 6.07) is 5.49. The Balaban J connectivity index is 2.48. The van der Waals surface area contributed by atoms with E-state index in [0.29, 0.717) is 18.7 Å². The van der Waals surface area contributed by atoms with Gasteiger partial charge in [-0.3, -0.25) is 4.55 Å². The minimum Gasteiger partial charge on any atom is -0.385 e. The van der Waals surface area contributed by atoms with E-state index in [2.05, 4.69) is 5.32 Å². The van der Waals surface area contributed by atoms with Crippen LogP contribution >= 0.6 is 11.6 Å². The third-order valence-electron chi connectivity index (χ3n) is 2.58. The molecule has 1 aromatic rings. The van der Waals surface area contributed by atoms with E-state index in [-0.39, 0.29) is 10.6 Å². The molecule has 20 heavy (non-hydrogen) atoms. The smallest absolute Gasteiger partial charge is 0.294 e. The summed E-state index contributed by atoms with van der Waals surface area (Å²) in [5.74, 6) is -0.0201. The summed E-state index contributed by atoms with van der Waals surface area (Å²) in [6.07, 6.45) is 0.388. The zero-order valence-corrected chi connectivity index (χ0v) is 13.2. The van der Waals surface area contributed by atoms with E-state index in [1.807, 2.05) is 0 Å². The molecule has 0 aromatic heterocycles. The van der Waals surface area contributed by atoms with Gasteiger partial charge in [0, 0.05) is 12.2 Å². The fourth-order valence-corrected chi connectivity index (χ4v) is 3.03. The van der Waals surface area contributed by atoms with Gasteiger partial charge in [0.05, 0.1) is 10.6 Å². The van der Waals surface area contributed by atoms with E-state index in [0.717, 1.165) is 0 Å². The van der Waals surface area contributed by atoms with Gasteiger partial charge in [0.1, 0.15) is 4.71 Å². The largest absolute Gasteiger partial charge is 0.385 e. The van der Waals surface area contributed by atoms with Crippen LogP contribution in [0.3, 0.4) is 0 Å². The summed E-state index contributed by atoms with van der Waals surface area (Å²) in [5, 5.41) is 2.95. The van der Waals surface area contributed by atoms with Gasteiger partial charge in [0.25, 0.3) is 10.1 Å². The first-order valence-electron chi connectivity index (χ1n) is 5.80. The summed E-state index contributed by atoms with van der Waals surface area (Å²) >= 11 is 5.54. The Morgan fingerprint density at radius 1 is 1.20 bits per heavy atom. The maximum absolute atomic E-state index is 11.4. The van der Waals surface area contributed by atoms with Crippen molar-refractivity contribution >= 4 is 37.2 Å². The number of benzene rings is 1. The van der Waals surface area contributed by atoms with Crippen LogP contribution in [0.2, 0.25) is 0 Å². The van der Waals surface area contributed by atoms with Crippen molar-refractivity contribution in [2.75, 3.05) is 17.6 Å². The van der Waals surface area contributed by atoms with Gasteiger partial charge in [0.15, 0.2) is 9.84 Å². The van der Waals surface area contributed by atoms with Gasteiger partial charge in [0.2, 0.25) is 0 Å². The fraction of sp³-hybridized carbons (Fsp3) is 0.455. The minimum atomic E-state index is -4.20. The highest BCUT2D eigenvalue weighted by Crippen LogP contribution is 2.14. The van der Waals surface area contributed by atoms with Gasteiger partial charge in [-0.1, -0.05) is 0 Å². The van der Waals surface area contributed by atoms with Crippen LogP contribution in [-0.2, 0) is 20.0 Å². The van der Waals surface area contributed by atoms with Crippen LogP contribution in [0.5, 0.6) is 0 Å². The van der Waals surface area contributed by atoms with Crippen LogP contribution in [0.15, 0.2) is 29.2 Å². The Hall–Kier alpha value is -0.830. The van der Waals surface area contributed by atoms with Gasteiger partial charge < -0.3 is 5.32 Å². The van der Waals surface area contributed by atoms with E-state index in [4.69, 9.17) is 16.2 Å². The van der Waals surface area contributed by atoms with Crippen LogP contribution in [0.25, 0.3) is 0 Å². The summed E-state index contributed by atoms with van der Waals surface area (Å²) < 4.78 is 52.5. The molecule has 0 heterocycles. The third kappa shape index (κ3) is 5.28. The second-order valence-electron chi connectivity index (χ2n) is 4.19. The molecule has 2 N–H and O–H groups in total. The molecule has 1 rings (SSSR count). The fourth-order valence-electron chi connectivity index (χ4n) is 1.41. The molecule has 1 atom stereocenters. The summed E-state index contributed by atoms with van der Waals surface area (Å²) in [4.78, 5) is -0.193. The number of alkyl halides is 1. The molecule has 0 aliphatic heterocycles. The van der Waals surface area contributed by atoms with E-state index < -0.39 is 24.7 Å². The van der Waals surface area contributed by atoms with Gasteiger partial charge in [-0.15, -0.1) is 11.6 Å². The highest BCUT2D eigenvalue weighted by Gasteiger charge is 2.17. The zero-order chi connectivity index (χ0) is 15.4. The van der Waals surface area contributed by atoms with Crippen molar-refractivity contribution in [2.45, 2.75) is 22.9 Å². The molecule has 1 aromatic carbocycles. The molecule has 0 saturated heterocycles. The molecular weight excluding hydrogens is 326 g/mol. The molecule has 0 fully saturated rings. The quantitative estimate of drug-likeness (QED) is 0.445. The Morgan fingerprint density at radius 3 is 2.20 bits per heavy atom. The molecule has 0 radical (unpaired) electrons. The lowest BCUT2D eigenvalue weighted by Gasteiger charge is -2.08. The van der Waals surface area contributed by atoms with Crippen LogP contribution in [0, 0.1) is 0 Å². The number of sulfone groups is 1. The molecule has 114 valence electrons. The lowest BCUT2D eigenvalue weighted by atomic mass is 10.3. The van der Waals surface area contributed by atoms with Crippen molar-refractivity contribution in [1.82, 2.24) is 0 Å². The molecular formula is C11H16ClNO5S2. The van der Waals surface area contributed by atoms with E-state index in [1.54, 1.807) is 0 Å². The molecule has 0 aliphatic carbocycles. The normalized spacial score (nSPS) is 13.9. The third-order valence-corrected chi connectivity index (χ3v) is 6.11. The molecule has 0 saturated carbocycles. The Bertz CT molecular complexity index is 638. The second kappa shape index (κ2) is 6.75. The van der Waals surface area contributed by atoms with Crippen molar-refractivity contribution in [3.05, 3.63) is 24.3 Å². The first-order chi connectivity index (χ1) is 9.13. The minimum absolute atomic E-state index is 0.0201. The number of hydrogen-bond donors (Lipinski definition) is 2. The van der Waals surface area contributed by atoms with Gasteiger partial charge in [-0.2, -0.15) is 8.42 Å². The lowest BCUT2D eigenvalue weighted by Crippen LogP contribution is -2.18. The molecule has 9 heteroatoms. The van der Waals surface area contributed by atoms with E-state index in [1.165, 1.54) is 31.2 Å². The Morgan fingerprint density at radius 2 is 1.75 bits per heavy atom. The van der Waals surface area contributed by atoms with Crippen LogP contribution in [-0.4, -0.2) is 38.4 Å². The number of nitrogens with one attached hydrogen (secondary N) is 1. The van der Waals surface area contributed by atoms with Crippen LogP contribution in [0.1, 0.15) is 13.3 Å². The van der Waals surface area contributed by atoms with E-state index >= 15 is 0 Å². The van der Waals surface area contributed by atoms with Crippen LogP contribution in [0.4, 0.5) is 5.69 Å². The Labute approximate surface area is 123 Å². The van der Waals surface area contributed by atoms with Crippen molar-refractivity contribution < 1.29 is 21.4 Å². The average molecular weight is 342 g/mol. The SMILES string of the molecule is CC(Cl)S(=O)(=O)CCCNc1ccc(S(=O)(=O)O)cc1. The molecule has 0 bridgehead atoms. The van der Waals surface area contributed by atoms with Crippen molar-refractivity contribution in [3.63, 3.8) is 0 Å². The highest BCUT2D eigenvalue weighted by molar-refractivity contribution is 7.93. The monoisotopic (exact) mass is 341 g/mol. The molecule has 0 spiro atoms. The first-order valence-corrected chi connectivity index (χ1v) is 9.39. The van der Waals surface area contributed by atoms with Crippen molar-refractivity contribution in [2.24, 2.45) is 0 Å². The average Bonchev–Trinajstić information content (AvgIpc) is 2.34. The Kier molecular flexibility index (Phi) is 5.81. The van der Waals surface area contributed by atoms with Gasteiger partial charge >= 0.3 is 0 Å². The van der Waals surface area contributed by atoms with Gasteiger partial charge in [-0.25, -0.2) is 8.42 Å². The lowest BCUT2D eigenvalue weighted by molar-refractivity contribution is 0.483. The molecule has 0 aliphatic rings. The summed E-state index contributed by atoms with van der Waals surface area (Å²) in [5.41, 5.74) is 0.633. The number of anilines is 1. The predicted octanol–water partition coefficient (Wildman–Crippen LogP) is 1.73. The highest BCUT2D eigenvalue weighted by atomic mass is 35.5. The first kappa shape index (κ1) is 17.2. The van der Waals surface area contributed by atoms with Crippen LogP contribution < -0.4 is 5.32 Å². The second-order valence-corrected chi connectivity index (χ2v) is 8.97. The number of hydrogen-bond acceptors (Lipinski definition) is 5. The molecule has 6 nitrogen and oxygen atoms in total. The van der Waals surface area contributed by atoms with Crippen molar-refractivity contribution in [3.8, 4) is 0 Å². The predicted molar refractivity (Wildman–Crippen MR) is 78.5 cm³/mol. The standard InChI is InChI=1S/C11H16ClNO5S2/c1-9(12)19(14,15)8-2-7-13-10-3-5-11(6-4-10)20(16,17)18/h3-6,9,13H,2,7-8H2,1H3,(H,16,17,18). The maximum Gasteiger partial charge on any atom is 0.294 e. The summed E-state index contributed by atoms with van der Waals surface area (Å²) in [7, 11) is -7.46. The topological polar surface area (TPSA) is 101 Å². The molecule has 0 amide bonds. The maximum atomic E-state index is 11.4.